The third kappa shape index (κ3) is 4.25. The van der Waals surface area contributed by atoms with Crippen LogP contribution < -0.4 is 14.5 Å². The van der Waals surface area contributed by atoms with Crippen LogP contribution in [0.4, 0.5) is 17.5 Å². The first-order valence-electron chi connectivity index (χ1n) is 8.02. The molecule has 3 rings (SSSR count). The Balaban J connectivity index is 1.90. The normalized spacial score (nSPS) is 15.0. The van der Waals surface area contributed by atoms with Crippen LogP contribution in [0.15, 0.2) is 39.8 Å². The van der Waals surface area contributed by atoms with E-state index in [2.05, 4.69) is 30.6 Å². The molecule has 1 N–H and O–H groups in total. The number of nitrogens with zero attached hydrogens (tertiary/aromatic N) is 4. The van der Waals surface area contributed by atoms with Crippen LogP contribution in [0.25, 0.3) is 0 Å². The highest BCUT2D eigenvalue weighted by molar-refractivity contribution is 9.10. The number of hydrogen-bond donors (Lipinski definition) is 1. The second-order valence-electron chi connectivity index (χ2n) is 5.96. The van der Waals surface area contributed by atoms with Gasteiger partial charge >= 0.3 is 0 Å². The number of aromatic nitrogens is 2. The van der Waals surface area contributed by atoms with E-state index in [0.717, 1.165) is 4.47 Å². The van der Waals surface area contributed by atoms with E-state index in [1.807, 2.05) is 19.0 Å². The topological polar surface area (TPSA) is 87.7 Å². The van der Waals surface area contributed by atoms with Crippen LogP contribution in [0.2, 0.25) is 0 Å². The molecule has 140 valence electrons. The maximum absolute atomic E-state index is 12.6. The number of anilines is 3. The van der Waals surface area contributed by atoms with E-state index >= 15 is 0 Å². The second kappa shape index (κ2) is 7.77. The summed E-state index contributed by atoms with van der Waals surface area (Å²) in [5.41, 5.74) is 0.329. The molecular formula is C16H20BrN5O3S. The van der Waals surface area contributed by atoms with Crippen molar-refractivity contribution in [3.05, 3.63) is 34.9 Å². The maximum atomic E-state index is 12.6. The fourth-order valence-corrected chi connectivity index (χ4v) is 3.82. The fourth-order valence-electron chi connectivity index (χ4n) is 2.51. The van der Waals surface area contributed by atoms with Crippen molar-refractivity contribution >= 4 is 43.4 Å². The second-order valence-corrected chi connectivity index (χ2v) is 8.56. The van der Waals surface area contributed by atoms with Gasteiger partial charge in [-0.3, -0.25) is 4.72 Å². The van der Waals surface area contributed by atoms with Gasteiger partial charge in [-0.15, -0.1) is 0 Å². The zero-order valence-corrected chi connectivity index (χ0v) is 16.9. The van der Waals surface area contributed by atoms with E-state index in [1.54, 1.807) is 17.0 Å². The number of benzene rings is 1. The summed E-state index contributed by atoms with van der Waals surface area (Å²) >= 11 is 3.30. The van der Waals surface area contributed by atoms with Crippen LogP contribution in [0, 0.1) is 0 Å². The lowest BCUT2D eigenvalue weighted by atomic mass is 10.4. The lowest BCUT2D eigenvalue weighted by Gasteiger charge is -2.28. The number of ether oxygens (including phenoxy) is 1. The molecule has 1 aliphatic heterocycles. The Hall–Kier alpha value is -1.91. The number of halogens is 1. The SMILES string of the molecule is CN(C)c1nc(N2CCOCC2)ncc1NS(=O)(=O)c1ccc(Br)cc1. The van der Waals surface area contributed by atoms with Crippen molar-refractivity contribution in [1.29, 1.82) is 0 Å². The van der Waals surface area contributed by atoms with Crippen molar-refractivity contribution in [2.24, 2.45) is 0 Å². The first kappa shape index (κ1) is 18.9. The van der Waals surface area contributed by atoms with E-state index < -0.39 is 10.0 Å². The molecule has 0 spiro atoms. The van der Waals surface area contributed by atoms with Gasteiger partial charge in [0, 0.05) is 31.7 Å². The summed E-state index contributed by atoms with van der Waals surface area (Å²) in [6.07, 6.45) is 1.50. The van der Waals surface area contributed by atoms with E-state index in [9.17, 15) is 8.42 Å². The summed E-state index contributed by atoms with van der Waals surface area (Å²) in [7, 11) is -0.118. The van der Waals surface area contributed by atoms with Gasteiger partial charge in [0.1, 0.15) is 5.69 Å². The molecule has 0 unspecified atom stereocenters. The van der Waals surface area contributed by atoms with E-state index in [-0.39, 0.29) is 4.90 Å². The number of hydrogen-bond acceptors (Lipinski definition) is 7. The van der Waals surface area contributed by atoms with E-state index in [0.29, 0.717) is 43.8 Å². The molecule has 10 heteroatoms. The van der Waals surface area contributed by atoms with Crippen LogP contribution in [0.3, 0.4) is 0 Å². The minimum absolute atomic E-state index is 0.169. The van der Waals surface area contributed by atoms with E-state index in [1.165, 1.54) is 18.3 Å². The molecule has 8 nitrogen and oxygen atoms in total. The molecule has 1 fully saturated rings. The average molecular weight is 442 g/mol. The quantitative estimate of drug-likeness (QED) is 0.758. The largest absolute Gasteiger partial charge is 0.378 e. The molecule has 1 aromatic heterocycles. The van der Waals surface area contributed by atoms with Crippen molar-refractivity contribution in [3.8, 4) is 0 Å². The predicted molar refractivity (Wildman–Crippen MR) is 104 cm³/mol. The number of nitrogens with one attached hydrogen (secondary N) is 1. The smallest absolute Gasteiger partial charge is 0.262 e. The van der Waals surface area contributed by atoms with Crippen molar-refractivity contribution in [2.75, 3.05) is 54.9 Å². The number of morpholine rings is 1. The van der Waals surface area contributed by atoms with Gasteiger partial charge in [0.25, 0.3) is 10.0 Å². The first-order valence-corrected chi connectivity index (χ1v) is 10.3. The summed E-state index contributed by atoms with van der Waals surface area (Å²) in [6.45, 7) is 2.66. The van der Waals surface area contributed by atoms with Gasteiger partial charge in [-0.1, -0.05) is 15.9 Å². The van der Waals surface area contributed by atoms with Crippen LogP contribution in [0.5, 0.6) is 0 Å². The highest BCUT2D eigenvalue weighted by Gasteiger charge is 2.21. The summed E-state index contributed by atoms with van der Waals surface area (Å²) in [5, 5.41) is 0. The summed E-state index contributed by atoms with van der Waals surface area (Å²) in [4.78, 5) is 12.8. The fraction of sp³-hybridized carbons (Fsp3) is 0.375. The molecule has 0 aliphatic carbocycles. The summed E-state index contributed by atoms with van der Waals surface area (Å²) in [5.74, 6) is 1.06. The minimum atomic E-state index is -3.73. The van der Waals surface area contributed by atoms with Crippen molar-refractivity contribution < 1.29 is 13.2 Å². The average Bonchev–Trinajstić information content (AvgIpc) is 2.62. The van der Waals surface area contributed by atoms with Crippen molar-refractivity contribution in [3.63, 3.8) is 0 Å². The zero-order chi connectivity index (χ0) is 18.7. The third-order valence-electron chi connectivity index (χ3n) is 3.84. The summed E-state index contributed by atoms with van der Waals surface area (Å²) in [6, 6.07) is 6.42. The Morgan fingerprint density at radius 2 is 1.85 bits per heavy atom. The van der Waals surface area contributed by atoms with Gasteiger partial charge in [0.05, 0.1) is 24.3 Å². The minimum Gasteiger partial charge on any atom is -0.378 e. The molecule has 0 atom stereocenters. The molecular weight excluding hydrogens is 422 g/mol. The molecule has 1 aliphatic rings. The molecule has 0 amide bonds. The van der Waals surface area contributed by atoms with Gasteiger partial charge in [-0.25, -0.2) is 13.4 Å². The molecule has 0 radical (unpaired) electrons. The van der Waals surface area contributed by atoms with Crippen molar-refractivity contribution in [2.45, 2.75) is 4.90 Å². The highest BCUT2D eigenvalue weighted by atomic mass is 79.9. The maximum Gasteiger partial charge on any atom is 0.262 e. The Morgan fingerprint density at radius 3 is 2.46 bits per heavy atom. The summed E-state index contributed by atoms with van der Waals surface area (Å²) < 4.78 is 34.0. The lowest BCUT2D eigenvalue weighted by molar-refractivity contribution is 0.122. The van der Waals surface area contributed by atoms with Crippen LogP contribution in [0.1, 0.15) is 0 Å². The molecule has 0 bridgehead atoms. The molecule has 0 saturated carbocycles. The predicted octanol–water partition coefficient (Wildman–Crippen LogP) is 1.94. The van der Waals surface area contributed by atoms with Gasteiger partial charge in [-0.05, 0) is 24.3 Å². The van der Waals surface area contributed by atoms with Crippen LogP contribution in [-0.2, 0) is 14.8 Å². The Bertz CT molecular complexity index is 868. The Labute approximate surface area is 161 Å². The monoisotopic (exact) mass is 441 g/mol. The molecule has 26 heavy (non-hydrogen) atoms. The molecule has 2 heterocycles. The van der Waals surface area contributed by atoms with Gasteiger partial charge < -0.3 is 14.5 Å². The van der Waals surface area contributed by atoms with Gasteiger partial charge in [-0.2, -0.15) is 4.98 Å². The van der Waals surface area contributed by atoms with Gasteiger partial charge in [0.2, 0.25) is 5.95 Å². The standard InChI is InChI=1S/C16H20BrN5O3S/c1-21(2)15-14(11-18-16(19-15)22-7-9-25-10-8-22)20-26(23,24)13-5-3-12(17)4-6-13/h3-6,11,20H,7-10H2,1-2H3. The molecule has 1 aromatic carbocycles. The zero-order valence-electron chi connectivity index (χ0n) is 14.5. The highest BCUT2D eigenvalue weighted by Crippen LogP contribution is 2.27. The Kier molecular flexibility index (Phi) is 5.64. The van der Waals surface area contributed by atoms with Crippen molar-refractivity contribution in [1.82, 2.24) is 9.97 Å². The van der Waals surface area contributed by atoms with Gasteiger partial charge in [0.15, 0.2) is 5.82 Å². The number of rotatable bonds is 5. The molecule has 1 saturated heterocycles. The third-order valence-corrected chi connectivity index (χ3v) is 5.75. The first-order chi connectivity index (χ1) is 12.4. The Morgan fingerprint density at radius 1 is 1.19 bits per heavy atom. The van der Waals surface area contributed by atoms with Crippen LogP contribution >= 0.6 is 15.9 Å². The lowest BCUT2D eigenvalue weighted by Crippen LogP contribution is -2.37. The molecule has 2 aromatic rings. The number of sulfonamides is 1. The van der Waals surface area contributed by atoms with E-state index in [4.69, 9.17) is 4.74 Å². The van der Waals surface area contributed by atoms with Crippen LogP contribution in [-0.4, -0.2) is 58.8 Å².